The van der Waals surface area contributed by atoms with E-state index >= 15 is 0 Å². The number of urea groups is 1. The Morgan fingerprint density at radius 2 is 2.00 bits per heavy atom. The SMILES string of the molecule is CNC(=O)NC(=O)C(C)Sc1ncccn1. The Morgan fingerprint density at radius 3 is 2.56 bits per heavy atom. The van der Waals surface area contributed by atoms with Gasteiger partial charge in [0, 0.05) is 19.4 Å². The van der Waals surface area contributed by atoms with E-state index in [1.54, 1.807) is 25.4 Å². The lowest BCUT2D eigenvalue weighted by atomic mass is 10.4. The van der Waals surface area contributed by atoms with Gasteiger partial charge in [-0.1, -0.05) is 11.8 Å². The Balaban J connectivity index is 2.49. The topological polar surface area (TPSA) is 84.0 Å². The van der Waals surface area contributed by atoms with Gasteiger partial charge in [-0.05, 0) is 13.0 Å². The zero-order valence-corrected chi connectivity index (χ0v) is 9.75. The van der Waals surface area contributed by atoms with E-state index in [4.69, 9.17) is 0 Å². The molecule has 1 unspecified atom stereocenters. The van der Waals surface area contributed by atoms with Crippen LogP contribution in [-0.4, -0.2) is 34.2 Å². The van der Waals surface area contributed by atoms with E-state index in [9.17, 15) is 9.59 Å². The molecule has 0 aromatic carbocycles. The fourth-order valence-electron chi connectivity index (χ4n) is 0.834. The Kier molecular flexibility index (Phi) is 4.71. The van der Waals surface area contributed by atoms with Crippen LogP contribution in [0.4, 0.5) is 4.79 Å². The van der Waals surface area contributed by atoms with E-state index < -0.39 is 11.3 Å². The maximum atomic E-state index is 11.5. The van der Waals surface area contributed by atoms with Crippen molar-refractivity contribution in [3.05, 3.63) is 18.5 Å². The number of hydrogen-bond acceptors (Lipinski definition) is 5. The van der Waals surface area contributed by atoms with Crippen LogP contribution in [0.3, 0.4) is 0 Å². The highest BCUT2D eigenvalue weighted by molar-refractivity contribution is 8.00. The minimum absolute atomic E-state index is 0.378. The van der Waals surface area contributed by atoms with Crippen molar-refractivity contribution in [2.24, 2.45) is 0 Å². The normalized spacial score (nSPS) is 11.6. The largest absolute Gasteiger partial charge is 0.341 e. The maximum Gasteiger partial charge on any atom is 0.321 e. The van der Waals surface area contributed by atoms with Crippen LogP contribution in [0.5, 0.6) is 0 Å². The van der Waals surface area contributed by atoms with Crippen LogP contribution in [-0.2, 0) is 4.79 Å². The molecular weight excluding hydrogens is 228 g/mol. The molecule has 16 heavy (non-hydrogen) atoms. The van der Waals surface area contributed by atoms with Gasteiger partial charge in [0.15, 0.2) is 5.16 Å². The fourth-order valence-corrected chi connectivity index (χ4v) is 1.56. The van der Waals surface area contributed by atoms with Crippen molar-refractivity contribution in [1.29, 1.82) is 0 Å². The van der Waals surface area contributed by atoms with Crippen molar-refractivity contribution >= 4 is 23.7 Å². The number of amides is 3. The van der Waals surface area contributed by atoms with Gasteiger partial charge in [-0.2, -0.15) is 0 Å². The molecule has 3 amide bonds. The molecule has 0 aliphatic carbocycles. The quantitative estimate of drug-likeness (QED) is 0.590. The second-order valence-corrected chi connectivity index (χ2v) is 4.17. The average Bonchev–Trinajstić information content (AvgIpc) is 2.30. The van der Waals surface area contributed by atoms with Crippen molar-refractivity contribution < 1.29 is 9.59 Å². The molecule has 0 aliphatic rings. The molecule has 0 fully saturated rings. The van der Waals surface area contributed by atoms with Gasteiger partial charge in [0.1, 0.15) is 0 Å². The van der Waals surface area contributed by atoms with E-state index in [0.29, 0.717) is 5.16 Å². The molecular formula is C9H12N4O2S. The lowest BCUT2D eigenvalue weighted by molar-refractivity contribution is -0.119. The van der Waals surface area contributed by atoms with Crippen molar-refractivity contribution in [1.82, 2.24) is 20.6 Å². The Labute approximate surface area is 97.2 Å². The summed E-state index contributed by atoms with van der Waals surface area (Å²) in [6, 6.07) is 1.17. The minimum Gasteiger partial charge on any atom is -0.341 e. The van der Waals surface area contributed by atoms with Gasteiger partial charge < -0.3 is 5.32 Å². The monoisotopic (exact) mass is 240 g/mol. The van der Waals surface area contributed by atoms with Gasteiger partial charge in [0.05, 0.1) is 5.25 Å². The third-order valence-electron chi connectivity index (χ3n) is 1.66. The molecule has 0 bridgehead atoms. The average molecular weight is 240 g/mol. The summed E-state index contributed by atoms with van der Waals surface area (Å²) >= 11 is 1.19. The number of thioether (sulfide) groups is 1. The van der Waals surface area contributed by atoms with Gasteiger partial charge in [0.2, 0.25) is 5.91 Å². The first-order valence-corrected chi connectivity index (χ1v) is 5.47. The predicted octanol–water partition coefficient (Wildman–Crippen LogP) is 0.413. The van der Waals surface area contributed by atoms with Crippen LogP contribution in [0.25, 0.3) is 0 Å². The summed E-state index contributed by atoms with van der Waals surface area (Å²) in [7, 11) is 1.45. The first-order valence-electron chi connectivity index (χ1n) is 4.59. The molecule has 0 saturated carbocycles. The zero-order chi connectivity index (χ0) is 12.0. The Morgan fingerprint density at radius 1 is 1.38 bits per heavy atom. The van der Waals surface area contributed by atoms with E-state index in [2.05, 4.69) is 20.6 Å². The lowest BCUT2D eigenvalue weighted by Crippen LogP contribution is -2.41. The summed E-state index contributed by atoms with van der Waals surface area (Å²) in [4.78, 5) is 30.3. The number of carbonyl (C=O) groups is 2. The van der Waals surface area contributed by atoms with Gasteiger partial charge in [-0.15, -0.1) is 0 Å². The summed E-state index contributed by atoms with van der Waals surface area (Å²) in [5, 5.41) is 4.56. The van der Waals surface area contributed by atoms with Gasteiger partial charge >= 0.3 is 6.03 Å². The Bertz CT molecular complexity index is 371. The second-order valence-electron chi connectivity index (χ2n) is 2.86. The zero-order valence-electron chi connectivity index (χ0n) is 8.93. The summed E-state index contributed by atoms with van der Waals surface area (Å²) in [5.41, 5.74) is 0. The fraction of sp³-hybridized carbons (Fsp3) is 0.333. The van der Waals surface area contributed by atoms with Gasteiger partial charge in [-0.25, -0.2) is 14.8 Å². The molecule has 1 heterocycles. The van der Waals surface area contributed by atoms with Crippen LogP contribution in [0.1, 0.15) is 6.92 Å². The van der Waals surface area contributed by atoms with Gasteiger partial charge in [-0.3, -0.25) is 10.1 Å². The highest BCUT2D eigenvalue weighted by Gasteiger charge is 2.17. The van der Waals surface area contributed by atoms with Crippen molar-refractivity contribution in [3.8, 4) is 0 Å². The highest BCUT2D eigenvalue weighted by atomic mass is 32.2. The maximum absolute atomic E-state index is 11.5. The smallest absolute Gasteiger partial charge is 0.321 e. The number of aromatic nitrogens is 2. The molecule has 0 spiro atoms. The van der Waals surface area contributed by atoms with Crippen molar-refractivity contribution in [3.63, 3.8) is 0 Å². The Hall–Kier alpha value is -1.63. The number of rotatable bonds is 3. The van der Waals surface area contributed by atoms with Crippen molar-refractivity contribution in [2.75, 3.05) is 7.05 Å². The summed E-state index contributed by atoms with van der Waals surface area (Å²) in [6.07, 6.45) is 3.19. The summed E-state index contributed by atoms with van der Waals surface area (Å²) < 4.78 is 0. The first kappa shape index (κ1) is 12.4. The number of carbonyl (C=O) groups excluding carboxylic acids is 2. The molecule has 0 radical (unpaired) electrons. The molecule has 2 N–H and O–H groups in total. The second kappa shape index (κ2) is 6.06. The van der Waals surface area contributed by atoms with Crippen molar-refractivity contribution in [2.45, 2.75) is 17.3 Å². The summed E-state index contributed by atoms with van der Waals surface area (Å²) in [6.45, 7) is 1.68. The van der Waals surface area contributed by atoms with Crippen LogP contribution in [0.2, 0.25) is 0 Å². The molecule has 1 atom stereocenters. The number of nitrogens with zero attached hydrogens (tertiary/aromatic N) is 2. The molecule has 7 heteroatoms. The number of hydrogen-bond donors (Lipinski definition) is 2. The van der Waals surface area contributed by atoms with E-state index in [0.717, 1.165) is 0 Å². The third kappa shape index (κ3) is 3.85. The minimum atomic E-state index is -0.522. The highest BCUT2D eigenvalue weighted by Crippen LogP contribution is 2.17. The lowest BCUT2D eigenvalue weighted by Gasteiger charge is -2.09. The molecule has 0 saturated heterocycles. The van der Waals surface area contributed by atoms with Crippen LogP contribution in [0.15, 0.2) is 23.6 Å². The standard InChI is InChI=1S/C9H12N4O2S/c1-6(7(14)13-8(15)10-2)16-9-11-4-3-5-12-9/h3-6H,1-2H3,(H2,10,13,14,15). The van der Waals surface area contributed by atoms with Crippen LogP contribution >= 0.6 is 11.8 Å². The molecule has 0 aliphatic heterocycles. The molecule has 1 aromatic heterocycles. The molecule has 1 aromatic rings. The van der Waals surface area contributed by atoms with E-state index in [-0.39, 0.29) is 5.91 Å². The predicted molar refractivity (Wildman–Crippen MR) is 59.9 cm³/mol. The first-order chi connectivity index (χ1) is 7.63. The number of imide groups is 1. The van der Waals surface area contributed by atoms with Gasteiger partial charge in [0.25, 0.3) is 0 Å². The summed E-state index contributed by atoms with van der Waals surface area (Å²) in [5.74, 6) is -0.378. The third-order valence-corrected chi connectivity index (χ3v) is 2.65. The number of nitrogens with one attached hydrogen (secondary N) is 2. The molecule has 6 nitrogen and oxygen atoms in total. The van der Waals surface area contributed by atoms with E-state index in [1.807, 2.05) is 0 Å². The molecule has 86 valence electrons. The van der Waals surface area contributed by atoms with E-state index in [1.165, 1.54) is 18.8 Å². The molecule has 1 rings (SSSR count). The van der Waals surface area contributed by atoms with Crippen LogP contribution < -0.4 is 10.6 Å². The van der Waals surface area contributed by atoms with Crippen LogP contribution in [0, 0.1) is 0 Å².